The molecule has 1 aromatic rings. The summed E-state index contributed by atoms with van der Waals surface area (Å²) in [6, 6.07) is 11.1. The van der Waals surface area contributed by atoms with E-state index in [4.69, 9.17) is 15.3 Å². The minimum Gasteiger partial charge on any atom is -0.462 e. The molecule has 0 fully saturated rings. The van der Waals surface area contributed by atoms with Crippen LogP contribution in [-0.4, -0.2) is 44.2 Å². The first-order valence-electron chi connectivity index (χ1n) is 7.28. The molecule has 0 radical (unpaired) electrons. The smallest absolute Gasteiger partial charge is 0.338 e. The van der Waals surface area contributed by atoms with Crippen LogP contribution in [0.5, 0.6) is 0 Å². The van der Waals surface area contributed by atoms with E-state index in [2.05, 4.69) is 6.07 Å². The average Bonchev–Trinajstić information content (AvgIpc) is 2.57. The molecule has 0 N–H and O–H groups in total. The largest absolute Gasteiger partial charge is 0.462 e. The molecule has 120 valence electrons. The van der Waals surface area contributed by atoms with Gasteiger partial charge in [-0.25, -0.2) is 4.79 Å². The number of anilines is 1. The van der Waals surface area contributed by atoms with Crippen molar-refractivity contribution in [3.05, 3.63) is 42.1 Å². The maximum absolute atomic E-state index is 11.6. The number of esters is 1. The summed E-state index contributed by atoms with van der Waals surface area (Å²) in [7, 11) is 1.93. The zero-order valence-corrected chi connectivity index (χ0v) is 13.4. The molecule has 0 heterocycles. The number of carbonyl (C=O) groups excluding carboxylic acids is 1. The van der Waals surface area contributed by atoms with E-state index in [1.165, 1.54) is 6.08 Å². The first-order chi connectivity index (χ1) is 11.1. The van der Waals surface area contributed by atoms with Gasteiger partial charge in [-0.05, 0) is 31.2 Å². The van der Waals surface area contributed by atoms with Gasteiger partial charge in [-0.3, -0.25) is 0 Å². The Bertz CT molecular complexity index is 611. The zero-order valence-electron chi connectivity index (χ0n) is 13.4. The van der Waals surface area contributed by atoms with Gasteiger partial charge in [-0.15, -0.1) is 0 Å². The van der Waals surface area contributed by atoms with E-state index in [0.717, 1.165) is 5.69 Å². The molecule has 0 aliphatic heterocycles. The van der Waals surface area contributed by atoms with Crippen molar-refractivity contribution in [3.63, 3.8) is 0 Å². The molecule has 1 aromatic carbocycles. The first-order valence-corrected chi connectivity index (χ1v) is 7.28. The Morgan fingerprint density at radius 2 is 1.96 bits per heavy atom. The maximum atomic E-state index is 11.6. The van der Waals surface area contributed by atoms with E-state index in [1.807, 2.05) is 30.1 Å². The number of hydrogen-bond donors (Lipinski definition) is 0. The van der Waals surface area contributed by atoms with Crippen LogP contribution in [0.4, 0.5) is 5.69 Å². The second-order valence-electron chi connectivity index (χ2n) is 4.76. The summed E-state index contributed by atoms with van der Waals surface area (Å²) in [5, 5.41) is 17.3. The van der Waals surface area contributed by atoms with Crippen molar-refractivity contribution in [2.45, 2.75) is 6.92 Å². The maximum Gasteiger partial charge on any atom is 0.338 e. The number of nitrogens with zero attached hydrogens (tertiary/aromatic N) is 4. The molecular formula is C17H20N4O2. The van der Waals surface area contributed by atoms with E-state index in [-0.39, 0.29) is 12.5 Å². The predicted molar refractivity (Wildman–Crippen MR) is 87.6 cm³/mol. The van der Waals surface area contributed by atoms with Crippen molar-refractivity contribution in [1.29, 1.82) is 10.5 Å². The van der Waals surface area contributed by atoms with Crippen LogP contribution in [-0.2, 0) is 4.74 Å². The number of carbonyl (C=O) groups is 1. The minimum absolute atomic E-state index is 0.230. The Labute approximate surface area is 136 Å². The fourth-order valence-corrected chi connectivity index (χ4v) is 1.91. The lowest BCUT2D eigenvalue weighted by atomic mass is 10.2. The molecule has 0 amide bonds. The molecule has 6 heteroatoms. The summed E-state index contributed by atoms with van der Waals surface area (Å²) >= 11 is 0. The lowest BCUT2D eigenvalue weighted by Gasteiger charge is -2.23. The molecule has 0 spiro atoms. The van der Waals surface area contributed by atoms with E-state index in [9.17, 15) is 4.79 Å². The SMILES string of the molecule is CCOC(=O)c1ccc(N(C)CCN(/C=C/C#N)CC#N)cc1. The van der Waals surface area contributed by atoms with Crippen molar-refractivity contribution < 1.29 is 9.53 Å². The molecule has 0 aromatic heterocycles. The van der Waals surface area contributed by atoms with E-state index in [0.29, 0.717) is 25.3 Å². The van der Waals surface area contributed by atoms with Crippen LogP contribution < -0.4 is 4.90 Å². The Balaban J connectivity index is 2.62. The van der Waals surface area contributed by atoms with Crippen LogP contribution >= 0.6 is 0 Å². The molecule has 6 nitrogen and oxygen atoms in total. The van der Waals surface area contributed by atoms with Crippen LogP contribution in [0.2, 0.25) is 0 Å². The summed E-state index contributed by atoms with van der Waals surface area (Å²) in [6.07, 6.45) is 2.96. The van der Waals surface area contributed by atoms with E-state index >= 15 is 0 Å². The number of hydrogen-bond acceptors (Lipinski definition) is 6. The molecule has 23 heavy (non-hydrogen) atoms. The highest BCUT2D eigenvalue weighted by molar-refractivity contribution is 5.89. The Morgan fingerprint density at radius 1 is 1.26 bits per heavy atom. The van der Waals surface area contributed by atoms with Crippen molar-refractivity contribution >= 4 is 11.7 Å². The molecule has 1 rings (SSSR count). The monoisotopic (exact) mass is 312 g/mol. The second kappa shape index (κ2) is 9.86. The average molecular weight is 312 g/mol. The molecule has 0 saturated heterocycles. The minimum atomic E-state index is -0.330. The Morgan fingerprint density at radius 3 is 2.52 bits per heavy atom. The van der Waals surface area contributed by atoms with Gasteiger partial charge in [0.2, 0.25) is 0 Å². The number of allylic oxidation sites excluding steroid dienone is 1. The predicted octanol–water partition coefficient (Wildman–Crippen LogP) is 2.16. The van der Waals surface area contributed by atoms with Gasteiger partial charge in [0, 0.05) is 38.1 Å². The standard InChI is InChI=1S/C17H20N4O2/c1-3-23-17(22)15-5-7-16(8-6-15)20(2)13-14-21(12-10-19)11-4-9-18/h4-8,11H,3,12-14H2,1-2H3/b11-4+. The van der Waals surface area contributed by atoms with Crippen molar-refractivity contribution in [2.75, 3.05) is 38.2 Å². The van der Waals surface area contributed by atoms with Gasteiger partial charge in [0.15, 0.2) is 0 Å². The number of likely N-dealkylation sites (N-methyl/N-ethyl adjacent to an activating group) is 1. The lowest BCUT2D eigenvalue weighted by molar-refractivity contribution is 0.0526. The normalized spacial score (nSPS) is 9.91. The highest BCUT2D eigenvalue weighted by Gasteiger charge is 2.08. The molecular weight excluding hydrogens is 292 g/mol. The van der Waals surface area contributed by atoms with Gasteiger partial charge in [-0.1, -0.05) is 0 Å². The number of benzene rings is 1. The van der Waals surface area contributed by atoms with Gasteiger partial charge in [0.05, 0.1) is 24.3 Å². The molecule has 0 unspecified atom stereocenters. The molecule has 0 aliphatic rings. The fourth-order valence-electron chi connectivity index (χ4n) is 1.91. The zero-order chi connectivity index (χ0) is 17.1. The van der Waals surface area contributed by atoms with Gasteiger partial charge in [0.25, 0.3) is 0 Å². The van der Waals surface area contributed by atoms with Crippen LogP contribution in [0.1, 0.15) is 17.3 Å². The highest BCUT2D eigenvalue weighted by atomic mass is 16.5. The molecule has 0 saturated carbocycles. The van der Waals surface area contributed by atoms with Crippen LogP contribution in [0.25, 0.3) is 0 Å². The summed E-state index contributed by atoms with van der Waals surface area (Å²) < 4.78 is 4.95. The summed E-state index contributed by atoms with van der Waals surface area (Å²) in [4.78, 5) is 15.4. The summed E-state index contributed by atoms with van der Waals surface area (Å²) in [6.45, 7) is 3.64. The summed E-state index contributed by atoms with van der Waals surface area (Å²) in [5.41, 5.74) is 1.48. The third-order valence-electron chi connectivity index (χ3n) is 3.18. The topological polar surface area (TPSA) is 80.4 Å². The molecule has 0 aliphatic carbocycles. The van der Waals surface area contributed by atoms with Crippen LogP contribution in [0.3, 0.4) is 0 Å². The van der Waals surface area contributed by atoms with Gasteiger partial charge in [-0.2, -0.15) is 10.5 Å². The first kappa shape index (κ1) is 18.1. The van der Waals surface area contributed by atoms with Crippen molar-refractivity contribution in [2.24, 2.45) is 0 Å². The van der Waals surface area contributed by atoms with Crippen LogP contribution in [0.15, 0.2) is 36.5 Å². The van der Waals surface area contributed by atoms with E-state index < -0.39 is 0 Å². The van der Waals surface area contributed by atoms with Crippen LogP contribution in [0, 0.1) is 22.7 Å². The van der Waals surface area contributed by atoms with E-state index in [1.54, 1.807) is 30.2 Å². The highest BCUT2D eigenvalue weighted by Crippen LogP contribution is 2.14. The second-order valence-corrected chi connectivity index (χ2v) is 4.76. The lowest BCUT2D eigenvalue weighted by Crippen LogP contribution is -2.30. The van der Waals surface area contributed by atoms with Gasteiger partial charge >= 0.3 is 5.97 Å². The third kappa shape index (κ3) is 6.11. The quantitative estimate of drug-likeness (QED) is 0.416. The fraction of sp³-hybridized carbons (Fsp3) is 0.353. The molecule has 0 atom stereocenters. The summed E-state index contributed by atoms with van der Waals surface area (Å²) in [5.74, 6) is -0.330. The van der Waals surface area contributed by atoms with Gasteiger partial charge in [0.1, 0.15) is 6.54 Å². The number of nitriles is 2. The number of rotatable bonds is 8. The Hall–Kier alpha value is -2.99. The van der Waals surface area contributed by atoms with Crippen molar-refractivity contribution in [1.82, 2.24) is 4.90 Å². The van der Waals surface area contributed by atoms with Crippen molar-refractivity contribution in [3.8, 4) is 12.1 Å². The Kier molecular flexibility index (Phi) is 7.74. The molecule has 0 bridgehead atoms. The third-order valence-corrected chi connectivity index (χ3v) is 3.18. The van der Waals surface area contributed by atoms with Gasteiger partial charge < -0.3 is 14.5 Å². The number of ether oxygens (including phenoxy) is 1.